The SMILES string of the molecule is Cc1nc(N(C)CCCCN)c(CO)nc1-c1cccc(Cl)c1Cl. The van der Waals surface area contributed by atoms with Crippen LogP contribution in [0.5, 0.6) is 0 Å². The normalized spacial score (nSPS) is 10.9. The number of benzene rings is 1. The Morgan fingerprint density at radius 1 is 1.21 bits per heavy atom. The number of anilines is 1. The van der Waals surface area contributed by atoms with Crippen LogP contribution < -0.4 is 10.6 Å². The van der Waals surface area contributed by atoms with Crippen molar-refractivity contribution in [2.75, 3.05) is 25.0 Å². The number of hydrogen-bond acceptors (Lipinski definition) is 5. The van der Waals surface area contributed by atoms with Crippen LogP contribution >= 0.6 is 23.2 Å². The first-order chi connectivity index (χ1) is 11.5. The van der Waals surface area contributed by atoms with Gasteiger partial charge < -0.3 is 15.7 Å². The maximum atomic E-state index is 9.72. The van der Waals surface area contributed by atoms with Crippen molar-refractivity contribution in [2.45, 2.75) is 26.4 Å². The molecule has 0 saturated heterocycles. The first kappa shape index (κ1) is 18.9. The minimum Gasteiger partial charge on any atom is -0.390 e. The Balaban J connectivity index is 2.42. The fourth-order valence-corrected chi connectivity index (χ4v) is 2.88. The van der Waals surface area contributed by atoms with Crippen molar-refractivity contribution in [3.05, 3.63) is 39.6 Å². The van der Waals surface area contributed by atoms with E-state index in [1.807, 2.05) is 31.0 Å². The number of unbranched alkanes of at least 4 members (excludes halogenated alkanes) is 1. The number of aliphatic hydroxyl groups is 1. The molecular weight excluding hydrogens is 347 g/mol. The van der Waals surface area contributed by atoms with E-state index in [1.165, 1.54) is 0 Å². The minimum absolute atomic E-state index is 0.199. The second-order valence-electron chi connectivity index (χ2n) is 5.60. The highest BCUT2D eigenvalue weighted by Gasteiger charge is 2.17. The van der Waals surface area contributed by atoms with E-state index in [9.17, 15) is 5.11 Å². The molecule has 1 heterocycles. The van der Waals surface area contributed by atoms with Gasteiger partial charge in [-0.25, -0.2) is 9.97 Å². The van der Waals surface area contributed by atoms with Gasteiger partial charge in [0.2, 0.25) is 0 Å². The number of nitrogens with two attached hydrogens (primary N) is 1. The molecule has 0 aliphatic rings. The van der Waals surface area contributed by atoms with E-state index < -0.39 is 0 Å². The lowest BCUT2D eigenvalue weighted by Gasteiger charge is -2.22. The van der Waals surface area contributed by atoms with Crippen LogP contribution in [-0.2, 0) is 6.61 Å². The van der Waals surface area contributed by atoms with Crippen molar-refractivity contribution >= 4 is 29.0 Å². The van der Waals surface area contributed by atoms with Gasteiger partial charge in [-0.15, -0.1) is 0 Å². The number of aryl methyl sites for hydroxylation is 1. The number of aliphatic hydroxyl groups excluding tert-OH is 1. The molecule has 2 aromatic rings. The zero-order valence-electron chi connectivity index (χ0n) is 13.9. The molecule has 0 fully saturated rings. The Morgan fingerprint density at radius 2 is 1.96 bits per heavy atom. The topological polar surface area (TPSA) is 75.3 Å². The standard InChI is InChI=1S/C17H22Cl2N4O/c1-11-16(12-6-5-7-13(18)15(12)19)22-14(10-24)17(21-11)23(2)9-4-3-8-20/h5-7,24H,3-4,8-10,20H2,1-2H3. The van der Waals surface area contributed by atoms with Gasteiger partial charge >= 0.3 is 0 Å². The van der Waals surface area contributed by atoms with Gasteiger partial charge in [0.25, 0.3) is 0 Å². The van der Waals surface area contributed by atoms with Crippen LogP contribution in [0.1, 0.15) is 24.2 Å². The molecule has 3 N–H and O–H groups in total. The number of rotatable bonds is 7. The molecule has 7 heteroatoms. The lowest BCUT2D eigenvalue weighted by Crippen LogP contribution is -2.23. The predicted octanol–water partition coefficient (Wildman–Crippen LogP) is 3.43. The van der Waals surface area contributed by atoms with E-state index in [0.717, 1.165) is 25.1 Å². The van der Waals surface area contributed by atoms with Crippen LogP contribution in [0.4, 0.5) is 5.82 Å². The van der Waals surface area contributed by atoms with Crippen LogP contribution in [-0.4, -0.2) is 35.2 Å². The molecule has 24 heavy (non-hydrogen) atoms. The average Bonchev–Trinajstić information content (AvgIpc) is 2.57. The molecule has 0 aliphatic carbocycles. The summed E-state index contributed by atoms with van der Waals surface area (Å²) in [5.74, 6) is 0.675. The summed E-state index contributed by atoms with van der Waals surface area (Å²) in [6.07, 6.45) is 1.90. The number of aromatic nitrogens is 2. The van der Waals surface area contributed by atoms with Gasteiger partial charge in [-0.3, -0.25) is 0 Å². The highest BCUT2D eigenvalue weighted by atomic mass is 35.5. The maximum absolute atomic E-state index is 9.72. The van der Waals surface area contributed by atoms with Crippen LogP contribution in [0.2, 0.25) is 10.0 Å². The van der Waals surface area contributed by atoms with Crippen molar-refractivity contribution in [3.63, 3.8) is 0 Å². The van der Waals surface area contributed by atoms with Crippen molar-refractivity contribution in [1.82, 2.24) is 9.97 Å². The second kappa shape index (κ2) is 8.62. The van der Waals surface area contributed by atoms with E-state index >= 15 is 0 Å². The highest BCUT2D eigenvalue weighted by molar-refractivity contribution is 6.43. The molecule has 1 aromatic carbocycles. The fraction of sp³-hybridized carbons (Fsp3) is 0.412. The number of halogens is 2. The summed E-state index contributed by atoms with van der Waals surface area (Å²) in [7, 11) is 1.94. The Kier molecular flexibility index (Phi) is 6.80. The van der Waals surface area contributed by atoms with Crippen molar-refractivity contribution in [2.24, 2.45) is 5.73 Å². The third-order valence-electron chi connectivity index (χ3n) is 3.79. The first-order valence-corrected chi connectivity index (χ1v) is 8.59. The van der Waals surface area contributed by atoms with Gasteiger partial charge in [-0.1, -0.05) is 35.3 Å². The summed E-state index contributed by atoms with van der Waals surface area (Å²) in [4.78, 5) is 11.2. The zero-order chi connectivity index (χ0) is 17.7. The van der Waals surface area contributed by atoms with Crippen LogP contribution in [0.3, 0.4) is 0 Å². The van der Waals surface area contributed by atoms with Gasteiger partial charge in [-0.05, 0) is 32.4 Å². The molecule has 0 saturated carbocycles. The molecule has 0 unspecified atom stereocenters. The predicted molar refractivity (Wildman–Crippen MR) is 99.7 cm³/mol. The van der Waals surface area contributed by atoms with Crippen molar-refractivity contribution in [3.8, 4) is 11.3 Å². The fourth-order valence-electron chi connectivity index (χ4n) is 2.49. The van der Waals surface area contributed by atoms with Crippen LogP contribution in [0.25, 0.3) is 11.3 Å². The molecule has 130 valence electrons. The van der Waals surface area contributed by atoms with E-state index in [0.29, 0.717) is 39.4 Å². The highest BCUT2D eigenvalue weighted by Crippen LogP contribution is 2.34. The molecule has 0 radical (unpaired) electrons. The summed E-state index contributed by atoms with van der Waals surface area (Å²) >= 11 is 12.4. The molecule has 0 spiro atoms. The van der Waals surface area contributed by atoms with E-state index in [4.69, 9.17) is 28.9 Å². The van der Waals surface area contributed by atoms with Crippen LogP contribution in [0.15, 0.2) is 18.2 Å². The molecule has 2 rings (SSSR count). The molecule has 0 amide bonds. The Hall–Kier alpha value is -1.40. The molecule has 0 bridgehead atoms. The Bertz CT molecular complexity index is 709. The largest absolute Gasteiger partial charge is 0.390 e. The molecule has 0 aliphatic heterocycles. The summed E-state index contributed by atoms with van der Waals surface area (Å²) in [6, 6.07) is 5.38. The Labute approximate surface area is 152 Å². The minimum atomic E-state index is -0.199. The Morgan fingerprint density at radius 3 is 2.62 bits per heavy atom. The summed E-state index contributed by atoms with van der Waals surface area (Å²) in [5, 5.41) is 10.6. The smallest absolute Gasteiger partial charge is 0.152 e. The lowest BCUT2D eigenvalue weighted by atomic mass is 10.1. The summed E-state index contributed by atoms with van der Waals surface area (Å²) in [6.45, 7) is 3.14. The molecule has 1 aromatic heterocycles. The third-order valence-corrected chi connectivity index (χ3v) is 4.61. The molecular formula is C17H22Cl2N4O. The van der Waals surface area contributed by atoms with Crippen LogP contribution in [0, 0.1) is 6.92 Å². The van der Waals surface area contributed by atoms with Gasteiger partial charge in [-0.2, -0.15) is 0 Å². The van der Waals surface area contributed by atoms with Crippen molar-refractivity contribution < 1.29 is 5.11 Å². The average molecular weight is 369 g/mol. The van der Waals surface area contributed by atoms with Gasteiger partial charge in [0.05, 0.1) is 28.0 Å². The zero-order valence-corrected chi connectivity index (χ0v) is 15.4. The van der Waals surface area contributed by atoms with E-state index in [2.05, 4.69) is 9.97 Å². The monoisotopic (exact) mass is 368 g/mol. The maximum Gasteiger partial charge on any atom is 0.152 e. The first-order valence-electron chi connectivity index (χ1n) is 7.83. The third kappa shape index (κ3) is 4.16. The quantitative estimate of drug-likeness (QED) is 0.732. The van der Waals surface area contributed by atoms with E-state index in [-0.39, 0.29) is 6.61 Å². The lowest BCUT2D eigenvalue weighted by molar-refractivity contribution is 0.276. The second-order valence-corrected chi connectivity index (χ2v) is 6.39. The van der Waals surface area contributed by atoms with Gasteiger partial charge in [0, 0.05) is 19.2 Å². The number of hydrogen-bond donors (Lipinski definition) is 2. The molecule has 0 atom stereocenters. The number of nitrogens with zero attached hydrogens (tertiary/aromatic N) is 3. The summed E-state index contributed by atoms with van der Waals surface area (Å²) < 4.78 is 0. The van der Waals surface area contributed by atoms with Crippen molar-refractivity contribution in [1.29, 1.82) is 0 Å². The summed E-state index contributed by atoms with van der Waals surface area (Å²) in [5.41, 5.74) is 8.12. The van der Waals surface area contributed by atoms with Gasteiger partial charge in [0.15, 0.2) is 5.82 Å². The van der Waals surface area contributed by atoms with E-state index in [1.54, 1.807) is 6.07 Å². The van der Waals surface area contributed by atoms with Gasteiger partial charge in [0.1, 0.15) is 5.69 Å². The molecule has 5 nitrogen and oxygen atoms in total.